The summed E-state index contributed by atoms with van der Waals surface area (Å²) in [5.74, 6) is -0.602. The van der Waals surface area contributed by atoms with Gasteiger partial charge in [-0.25, -0.2) is 4.39 Å². The maximum absolute atomic E-state index is 13.1. The lowest BCUT2D eigenvalue weighted by Gasteiger charge is -2.18. The molecule has 20 heavy (non-hydrogen) atoms. The van der Waals surface area contributed by atoms with Gasteiger partial charge < -0.3 is 10.2 Å². The van der Waals surface area contributed by atoms with E-state index >= 15 is 0 Å². The first kappa shape index (κ1) is 15.9. The van der Waals surface area contributed by atoms with Gasteiger partial charge in [0, 0.05) is 38.2 Å². The normalized spacial score (nSPS) is 10.2. The Morgan fingerprint density at radius 2 is 2.05 bits per heavy atom. The summed E-state index contributed by atoms with van der Waals surface area (Å²) in [5.41, 5.74) is -0.121. The number of rotatable bonds is 7. The number of nitro groups is 1. The van der Waals surface area contributed by atoms with Gasteiger partial charge in [0.2, 0.25) is 5.91 Å². The smallest absolute Gasteiger partial charge is 0.292 e. The molecule has 1 N–H and O–H groups in total. The maximum Gasteiger partial charge on any atom is 0.292 e. The highest BCUT2D eigenvalue weighted by molar-refractivity contribution is 5.76. The number of benzene rings is 1. The van der Waals surface area contributed by atoms with E-state index in [4.69, 9.17) is 0 Å². The number of nitro benzene ring substituents is 1. The second kappa shape index (κ2) is 7.42. The van der Waals surface area contributed by atoms with Gasteiger partial charge in [0.25, 0.3) is 5.69 Å². The molecular weight excluding hydrogens is 265 g/mol. The number of carbonyl (C=O) groups is 1. The zero-order valence-corrected chi connectivity index (χ0v) is 11.6. The predicted molar refractivity (Wildman–Crippen MR) is 74.1 cm³/mol. The third-order valence-electron chi connectivity index (χ3n) is 2.93. The van der Waals surface area contributed by atoms with Crippen LogP contribution < -0.4 is 5.32 Å². The molecular formula is C13H18FN3O3. The Labute approximate surface area is 116 Å². The second-order valence-electron chi connectivity index (χ2n) is 4.16. The van der Waals surface area contributed by atoms with Gasteiger partial charge in [0.15, 0.2) is 0 Å². The Morgan fingerprint density at radius 1 is 1.40 bits per heavy atom. The first-order chi connectivity index (χ1) is 9.49. The van der Waals surface area contributed by atoms with Gasteiger partial charge in [-0.05, 0) is 19.9 Å². The van der Waals surface area contributed by atoms with E-state index in [2.05, 4.69) is 5.32 Å². The predicted octanol–water partition coefficient (Wildman–Crippen LogP) is 2.40. The molecule has 1 aromatic carbocycles. The number of amides is 1. The van der Waals surface area contributed by atoms with E-state index in [9.17, 15) is 19.3 Å². The number of anilines is 1. The average Bonchev–Trinajstić information content (AvgIpc) is 2.39. The Hall–Kier alpha value is -2.18. The SMILES string of the molecule is CCN(CC)C(=O)CCNc1cc(F)ccc1[N+](=O)[O-]. The molecule has 1 amide bonds. The van der Waals surface area contributed by atoms with Crippen LogP contribution in [0.5, 0.6) is 0 Å². The van der Waals surface area contributed by atoms with Crippen LogP contribution in [0.4, 0.5) is 15.8 Å². The molecule has 7 heteroatoms. The molecule has 0 saturated carbocycles. The van der Waals surface area contributed by atoms with Gasteiger partial charge in [-0.15, -0.1) is 0 Å². The molecule has 0 fully saturated rings. The van der Waals surface area contributed by atoms with E-state index in [1.54, 1.807) is 4.90 Å². The average molecular weight is 283 g/mol. The minimum absolute atomic E-state index is 0.0402. The third kappa shape index (κ3) is 4.18. The number of carbonyl (C=O) groups excluding carboxylic acids is 1. The molecule has 0 aliphatic rings. The minimum atomic E-state index is -0.589. The Kier molecular flexibility index (Phi) is 5.89. The highest BCUT2D eigenvalue weighted by atomic mass is 19.1. The van der Waals surface area contributed by atoms with E-state index in [0.29, 0.717) is 13.1 Å². The van der Waals surface area contributed by atoms with E-state index in [-0.39, 0.29) is 30.2 Å². The molecule has 110 valence electrons. The lowest BCUT2D eigenvalue weighted by atomic mass is 10.2. The standard InChI is InChI=1S/C13H18FN3O3/c1-3-16(4-2)13(18)7-8-15-11-9-10(14)5-6-12(11)17(19)20/h5-6,9,15H,3-4,7-8H2,1-2H3. The Balaban J connectivity index is 2.64. The Morgan fingerprint density at radius 3 is 2.60 bits per heavy atom. The molecule has 0 spiro atoms. The zero-order chi connectivity index (χ0) is 15.1. The molecule has 1 aromatic rings. The van der Waals surface area contributed by atoms with Gasteiger partial charge in [0.05, 0.1) is 4.92 Å². The van der Waals surface area contributed by atoms with Crippen LogP contribution in [0.1, 0.15) is 20.3 Å². The molecule has 0 unspecified atom stereocenters. The van der Waals surface area contributed by atoms with Crippen molar-refractivity contribution in [3.63, 3.8) is 0 Å². The fraction of sp³-hybridized carbons (Fsp3) is 0.462. The molecule has 1 rings (SSSR count). The second-order valence-corrected chi connectivity index (χ2v) is 4.16. The summed E-state index contributed by atoms with van der Waals surface area (Å²) in [6.07, 6.45) is 0.204. The van der Waals surface area contributed by atoms with Gasteiger partial charge in [-0.2, -0.15) is 0 Å². The lowest BCUT2D eigenvalue weighted by molar-refractivity contribution is -0.384. The monoisotopic (exact) mass is 283 g/mol. The summed E-state index contributed by atoms with van der Waals surface area (Å²) in [4.78, 5) is 23.6. The van der Waals surface area contributed by atoms with Crippen LogP contribution in [0.15, 0.2) is 18.2 Å². The molecule has 0 aliphatic carbocycles. The van der Waals surface area contributed by atoms with Crippen molar-refractivity contribution in [2.24, 2.45) is 0 Å². The molecule has 0 aliphatic heterocycles. The van der Waals surface area contributed by atoms with Crippen LogP contribution in [0, 0.1) is 15.9 Å². The minimum Gasteiger partial charge on any atom is -0.379 e. The number of nitrogens with one attached hydrogen (secondary N) is 1. The van der Waals surface area contributed by atoms with Gasteiger partial charge >= 0.3 is 0 Å². The van der Waals surface area contributed by atoms with Crippen LogP contribution in [0.2, 0.25) is 0 Å². The van der Waals surface area contributed by atoms with Crippen LogP contribution >= 0.6 is 0 Å². The molecule has 0 bridgehead atoms. The largest absolute Gasteiger partial charge is 0.379 e. The molecule has 0 heterocycles. The molecule has 0 saturated heterocycles. The topological polar surface area (TPSA) is 75.5 Å². The van der Waals surface area contributed by atoms with E-state index < -0.39 is 10.7 Å². The van der Waals surface area contributed by atoms with E-state index in [1.807, 2.05) is 13.8 Å². The quantitative estimate of drug-likeness (QED) is 0.616. The maximum atomic E-state index is 13.1. The van der Waals surface area contributed by atoms with Crippen LogP contribution in [-0.4, -0.2) is 35.4 Å². The molecule has 0 aromatic heterocycles. The zero-order valence-electron chi connectivity index (χ0n) is 11.6. The van der Waals surface area contributed by atoms with Crippen LogP contribution in [0.25, 0.3) is 0 Å². The van der Waals surface area contributed by atoms with Crippen molar-refractivity contribution in [2.75, 3.05) is 25.0 Å². The Bertz CT molecular complexity index is 490. The number of halogens is 1. The van der Waals surface area contributed by atoms with Gasteiger partial charge in [0.1, 0.15) is 11.5 Å². The van der Waals surface area contributed by atoms with Crippen LogP contribution in [0.3, 0.4) is 0 Å². The highest BCUT2D eigenvalue weighted by Gasteiger charge is 2.15. The fourth-order valence-corrected chi connectivity index (χ4v) is 1.85. The number of nitrogens with zero attached hydrogens (tertiary/aromatic N) is 2. The third-order valence-corrected chi connectivity index (χ3v) is 2.93. The van der Waals surface area contributed by atoms with Gasteiger partial charge in [-0.1, -0.05) is 0 Å². The summed E-state index contributed by atoms with van der Waals surface area (Å²) in [7, 11) is 0. The van der Waals surface area contributed by atoms with Crippen molar-refractivity contribution in [1.29, 1.82) is 0 Å². The van der Waals surface area contributed by atoms with E-state index in [1.165, 1.54) is 0 Å². The number of hydrogen-bond acceptors (Lipinski definition) is 4. The van der Waals surface area contributed by atoms with Crippen molar-refractivity contribution >= 4 is 17.3 Å². The summed E-state index contributed by atoms with van der Waals surface area (Å²) in [5, 5.41) is 13.5. The summed E-state index contributed by atoms with van der Waals surface area (Å²) >= 11 is 0. The van der Waals surface area contributed by atoms with Crippen molar-refractivity contribution < 1.29 is 14.1 Å². The van der Waals surface area contributed by atoms with Crippen molar-refractivity contribution in [2.45, 2.75) is 20.3 Å². The molecule has 6 nitrogen and oxygen atoms in total. The summed E-state index contributed by atoms with van der Waals surface area (Å²) in [6.45, 7) is 5.23. The number of hydrogen-bond donors (Lipinski definition) is 1. The molecule has 0 atom stereocenters. The van der Waals surface area contributed by atoms with Crippen molar-refractivity contribution in [3.8, 4) is 0 Å². The van der Waals surface area contributed by atoms with Gasteiger partial charge in [-0.3, -0.25) is 14.9 Å². The lowest BCUT2D eigenvalue weighted by Crippen LogP contribution is -2.31. The highest BCUT2D eigenvalue weighted by Crippen LogP contribution is 2.24. The van der Waals surface area contributed by atoms with E-state index in [0.717, 1.165) is 18.2 Å². The first-order valence-electron chi connectivity index (χ1n) is 6.45. The molecule has 0 radical (unpaired) electrons. The van der Waals surface area contributed by atoms with Crippen molar-refractivity contribution in [3.05, 3.63) is 34.1 Å². The van der Waals surface area contributed by atoms with Crippen LogP contribution in [-0.2, 0) is 4.79 Å². The summed E-state index contributed by atoms with van der Waals surface area (Å²) in [6, 6.07) is 3.19. The first-order valence-corrected chi connectivity index (χ1v) is 6.45. The summed E-state index contributed by atoms with van der Waals surface area (Å²) < 4.78 is 13.1. The van der Waals surface area contributed by atoms with Crippen molar-refractivity contribution in [1.82, 2.24) is 4.90 Å². The fourth-order valence-electron chi connectivity index (χ4n) is 1.85.